The normalized spacial score (nSPS) is 16.5. The molecule has 66 valence electrons. The molecule has 2 unspecified atom stereocenters. The second kappa shape index (κ2) is 4.50. The molecule has 11 heavy (non-hydrogen) atoms. The number of ketones is 1. The van der Waals surface area contributed by atoms with Gasteiger partial charge < -0.3 is 0 Å². The van der Waals surface area contributed by atoms with Gasteiger partial charge in [0.1, 0.15) is 5.78 Å². The van der Waals surface area contributed by atoms with E-state index in [1.165, 1.54) is 0 Å². The number of rotatable bonds is 4. The highest BCUT2D eigenvalue weighted by atomic mass is 16.1. The largest absolute Gasteiger partial charge is 0.300 e. The SMILES string of the molecule is CCC(C)C(C(C)=O)N(C)C. The third-order valence-corrected chi connectivity index (χ3v) is 2.16. The number of likely N-dealkylation sites (N-methyl/N-ethyl adjacent to an activating group) is 1. The molecule has 0 aromatic carbocycles. The topological polar surface area (TPSA) is 20.3 Å². The van der Waals surface area contributed by atoms with Crippen molar-refractivity contribution in [2.45, 2.75) is 33.2 Å². The summed E-state index contributed by atoms with van der Waals surface area (Å²) in [5.74, 6) is 0.729. The monoisotopic (exact) mass is 157 g/mol. The van der Waals surface area contributed by atoms with Gasteiger partial charge in [0.15, 0.2) is 0 Å². The fraction of sp³-hybridized carbons (Fsp3) is 0.889. The molecule has 0 saturated heterocycles. The number of hydrogen-bond acceptors (Lipinski definition) is 2. The summed E-state index contributed by atoms with van der Waals surface area (Å²) < 4.78 is 0. The van der Waals surface area contributed by atoms with E-state index >= 15 is 0 Å². The second-order valence-corrected chi connectivity index (χ2v) is 3.40. The second-order valence-electron chi connectivity index (χ2n) is 3.40. The summed E-state index contributed by atoms with van der Waals surface area (Å²) in [4.78, 5) is 13.1. The van der Waals surface area contributed by atoms with Crippen LogP contribution in [0.2, 0.25) is 0 Å². The van der Waals surface area contributed by atoms with Crippen molar-refractivity contribution in [3.05, 3.63) is 0 Å². The number of Topliss-reactive ketones (excluding diaryl/α,β-unsaturated/α-hetero) is 1. The molecular weight excluding hydrogens is 138 g/mol. The summed E-state index contributed by atoms with van der Waals surface area (Å²) >= 11 is 0. The minimum absolute atomic E-state index is 0.0972. The zero-order chi connectivity index (χ0) is 9.02. The van der Waals surface area contributed by atoms with Crippen molar-refractivity contribution in [2.75, 3.05) is 14.1 Å². The molecule has 0 saturated carbocycles. The maximum Gasteiger partial charge on any atom is 0.147 e. The van der Waals surface area contributed by atoms with E-state index < -0.39 is 0 Å². The van der Waals surface area contributed by atoms with Gasteiger partial charge in [0, 0.05) is 0 Å². The Morgan fingerprint density at radius 3 is 2.00 bits per heavy atom. The molecule has 0 radical (unpaired) electrons. The third kappa shape index (κ3) is 3.02. The first-order valence-electron chi connectivity index (χ1n) is 4.17. The quantitative estimate of drug-likeness (QED) is 0.617. The highest BCUT2D eigenvalue weighted by Crippen LogP contribution is 2.12. The van der Waals surface area contributed by atoms with Crippen LogP contribution in [-0.4, -0.2) is 30.8 Å². The van der Waals surface area contributed by atoms with Crippen LogP contribution in [0.1, 0.15) is 27.2 Å². The lowest BCUT2D eigenvalue weighted by molar-refractivity contribution is -0.122. The Morgan fingerprint density at radius 1 is 1.45 bits per heavy atom. The van der Waals surface area contributed by atoms with Gasteiger partial charge in [-0.15, -0.1) is 0 Å². The molecule has 2 heteroatoms. The lowest BCUT2D eigenvalue weighted by Gasteiger charge is -2.26. The van der Waals surface area contributed by atoms with Gasteiger partial charge in [0.2, 0.25) is 0 Å². The van der Waals surface area contributed by atoms with Crippen LogP contribution in [0, 0.1) is 5.92 Å². The number of carbonyl (C=O) groups excluding carboxylic acids is 1. The first kappa shape index (κ1) is 10.6. The van der Waals surface area contributed by atoms with Crippen LogP contribution in [0.4, 0.5) is 0 Å². The van der Waals surface area contributed by atoms with Gasteiger partial charge in [0.05, 0.1) is 6.04 Å². The average Bonchev–Trinajstić information content (AvgIpc) is 1.85. The van der Waals surface area contributed by atoms with E-state index in [1.54, 1.807) is 6.92 Å². The van der Waals surface area contributed by atoms with E-state index in [2.05, 4.69) is 13.8 Å². The van der Waals surface area contributed by atoms with Crippen molar-refractivity contribution in [3.63, 3.8) is 0 Å². The molecule has 0 aromatic rings. The molecule has 0 spiro atoms. The Morgan fingerprint density at radius 2 is 1.91 bits per heavy atom. The minimum atomic E-state index is 0.0972. The molecule has 0 amide bonds. The molecular formula is C9H19NO. The van der Waals surface area contributed by atoms with E-state index in [4.69, 9.17) is 0 Å². The Bertz CT molecular complexity index is 132. The maximum atomic E-state index is 11.1. The molecule has 0 bridgehead atoms. The van der Waals surface area contributed by atoms with E-state index in [0.29, 0.717) is 5.92 Å². The van der Waals surface area contributed by atoms with E-state index in [9.17, 15) is 4.79 Å². The van der Waals surface area contributed by atoms with Gasteiger partial charge in [-0.25, -0.2) is 0 Å². The number of carbonyl (C=O) groups is 1. The summed E-state index contributed by atoms with van der Waals surface area (Å²) in [7, 11) is 3.91. The Labute approximate surface area is 69.6 Å². The molecule has 0 heterocycles. The van der Waals surface area contributed by atoms with Crippen molar-refractivity contribution in [1.29, 1.82) is 0 Å². The fourth-order valence-electron chi connectivity index (χ4n) is 1.50. The first-order chi connectivity index (χ1) is 5.00. The van der Waals surface area contributed by atoms with Gasteiger partial charge in [-0.2, -0.15) is 0 Å². The minimum Gasteiger partial charge on any atom is -0.300 e. The highest BCUT2D eigenvalue weighted by molar-refractivity contribution is 5.81. The van der Waals surface area contributed by atoms with Crippen LogP contribution in [0.25, 0.3) is 0 Å². The Balaban J connectivity index is 4.21. The molecule has 0 fully saturated rings. The maximum absolute atomic E-state index is 11.1. The Hall–Kier alpha value is -0.370. The smallest absolute Gasteiger partial charge is 0.147 e. The summed E-state index contributed by atoms with van der Waals surface area (Å²) in [6, 6.07) is 0.0972. The van der Waals surface area contributed by atoms with Gasteiger partial charge in [0.25, 0.3) is 0 Å². The van der Waals surface area contributed by atoms with Crippen molar-refractivity contribution in [1.82, 2.24) is 4.90 Å². The zero-order valence-corrected chi connectivity index (χ0v) is 8.22. The summed E-state index contributed by atoms with van der Waals surface area (Å²) in [5.41, 5.74) is 0. The lowest BCUT2D eigenvalue weighted by Crippen LogP contribution is -2.39. The molecule has 0 aliphatic rings. The molecule has 0 rings (SSSR count). The van der Waals surface area contributed by atoms with Gasteiger partial charge in [-0.1, -0.05) is 20.3 Å². The molecule has 0 aliphatic carbocycles. The fourth-order valence-corrected chi connectivity index (χ4v) is 1.50. The van der Waals surface area contributed by atoms with Gasteiger partial charge in [-0.05, 0) is 26.9 Å². The Kier molecular flexibility index (Phi) is 4.34. The average molecular weight is 157 g/mol. The van der Waals surface area contributed by atoms with Crippen LogP contribution in [0.5, 0.6) is 0 Å². The van der Waals surface area contributed by atoms with Crippen molar-refractivity contribution >= 4 is 5.78 Å². The van der Waals surface area contributed by atoms with E-state index in [1.807, 2.05) is 19.0 Å². The predicted octanol–water partition coefficient (Wildman–Crippen LogP) is 1.55. The highest BCUT2D eigenvalue weighted by Gasteiger charge is 2.21. The van der Waals surface area contributed by atoms with Gasteiger partial charge in [-0.3, -0.25) is 9.69 Å². The van der Waals surface area contributed by atoms with Crippen molar-refractivity contribution in [2.24, 2.45) is 5.92 Å². The standard InChI is InChI=1S/C9H19NO/c1-6-7(2)9(8(3)11)10(4)5/h7,9H,6H2,1-5H3. The zero-order valence-electron chi connectivity index (χ0n) is 8.22. The van der Waals surface area contributed by atoms with Crippen molar-refractivity contribution in [3.8, 4) is 0 Å². The lowest BCUT2D eigenvalue weighted by atomic mass is 9.95. The number of hydrogen-bond donors (Lipinski definition) is 0. The number of nitrogens with zero attached hydrogens (tertiary/aromatic N) is 1. The van der Waals surface area contributed by atoms with Crippen LogP contribution < -0.4 is 0 Å². The molecule has 2 nitrogen and oxygen atoms in total. The molecule has 0 aromatic heterocycles. The first-order valence-corrected chi connectivity index (χ1v) is 4.17. The molecule has 0 aliphatic heterocycles. The molecule has 0 N–H and O–H groups in total. The van der Waals surface area contributed by atoms with Crippen LogP contribution in [-0.2, 0) is 4.79 Å². The third-order valence-electron chi connectivity index (χ3n) is 2.16. The predicted molar refractivity (Wildman–Crippen MR) is 47.6 cm³/mol. The molecule has 2 atom stereocenters. The van der Waals surface area contributed by atoms with Crippen LogP contribution in [0.15, 0.2) is 0 Å². The van der Waals surface area contributed by atoms with Gasteiger partial charge >= 0.3 is 0 Å². The van der Waals surface area contributed by atoms with Crippen molar-refractivity contribution < 1.29 is 4.79 Å². The van der Waals surface area contributed by atoms with E-state index in [-0.39, 0.29) is 11.8 Å². The summed E-state index contributed by atoms with van der Waals surface area (Å²) in [6.45, 7) is 5.90. The van der Waals surface area contributed by atoms with Crippen LogP contribution >= 0.6 is 0 Å². The summed E-state index contributed by atoms with van der Waals surface area (Å²) in [5, 5.41) is 0. The van der Waals surface area contributed by atoms with E-state index in [0.717, 1.165) is 6.42 Å². The summed E-state index contributed by atoms with van der Waals surface area (Å²) in [6.07, 6.45) is 1.06. The van der Waals surface area contributed by atoms with Crippen LogP contribution in [0.3, 0.4) is 0 Å².